The molecule has 1 amide bonds. The molecule has 38 heavy (non-hydrogen) atoms. The SMILES string of the molecule is COc1ccc(S(=O)(=O)Nc2ccc(S(=O)(=O)Nc3nccc(C)n3)cc2)cc1C(=O)N1CCC(C)CC1. The highest BCUT2D eigenvalue weighted by Gasteiger charge is 2.26. The van der Waals surface area contributed by atoms with E-state index in [4.69, 9.17) is 4.74 Å². The number of hydrogen-bond donors (Lipinski definition) is 2. The molecule has 3 aromatic rings. The molecule has 1 aliphatic heterocycles. The lowest BCUT2D eigenvalue weighted by atomic mass is 9.98. The van der Waals surface area contributed by atoms with Crippen LogP contribution in [-0.2, 0) is 20.0 Å². The van der Waals surface area contributed by atoms with E-state index in [1.165, 1.54) is 55.8 Å². The molecule has 0 saturated carbocycles. The molecule has 2 heterocycles. The van der Waals surface area contributed by atoms with Gasteiger partial charge in [0.15, 0.2) is 0 Å². The minimum atomic E-state index is -4.10. The first kappa shape index (κ1) is 27.3. The number of benzene rings is 2. The lowest BCUT2D eigenvalue weighted by molar-refractivity contribution is 0.0693. The summed E-state index contributed by atoms with van der Waals surface area (Å²) >= 11 is 0. The monoisotopic (exact) mass is 559 g/mol. The van der Waals surface area contributed by atoms with Gasteiger partial charge in [-0.3, -0.25) is 9.52 Å². The molecule has 1 aliphatic rings. The summed E-state index contributed by atoms with van der Waals surface area (Å²) in [7, 11) is -6.66. The van der Waals surface area contributed by atoms with Gasteiger partial charge in [0.25, 0.3) is 26.0 Å². The van der Waals surface area contributed by atoms with Crippen molar-refractivity contribution in [1.82, 2.24) is 14.9 Å². The van der Waals surface area contributed by atoms with Gasteiger partial charge in [-0.05, 0) is 74.2 Å². The third kappa shape index (κ3) is 6.22. The second-order valence-electron chi connectivity index (χ2n) is 9.09. The van der Waals surface area contributed by atoms with Crippen LogP contribution in [0, 0.1) is 12.8 Å². The van der Waals surface area contributed by atoms with Crippen LogP contribution in [-0.4, -0.2) is 57.8 Å². The highest BCUT2D eigenvalue weighted by Crippen LogP contribution is 2.27. The Morgan fingerprint density at radius 3 is 2.21 bits per heavy atom. The van der Waals surface area contributed by atoms with Gasteiger partial charge in [-0.15, -0.1) is 0 Å². The predicted octanol–water partition coefficient (Wildman–Crippen LogP) is 3.27. The smallest absolute Gasteiger partial charge is 0.264 e. The molecule has 0 unspecified atom stereocenters. The van der Waals surface area contributed by atoms with Crippen molar-refractivity contribution in [1.29, 1.82) is 0 Å². The summed E-state index contributed by atoms with van der Waals surface area (Å²) in [5.41, 5.74) is 0.900. The number of sulfonamides is 2. The number of carbonyl (C=O) groups is 1. The van der Waals surface area contributed by atoms with E-state index < -0.39 is 20.0 Å². The Hall–Kier alpha value is -3.71. The van der Waals surface area contributed by atoms with E-state index in [1.54, 1.807) is 17.9 Å². The molecule has 2 aromatic carbocycles. The number of nitrogens with one attached hydrogen (secondary N) is 2. The normalized spacial score (nSPS) is 14.7. The standard InChI is InChI=1S/C25H29N5O6S2/c1-17-11-14-30(15-12-17)24(31)22-16-21(8-9-23(22)36-3)38(34,35)28-19-4-6-20(7-5-19)37(32,33)29-25-26-13-10-18(2)27-25/h4-10,13,16-17,28H,11-12,14-15H2,1-3H3,(H,26,27,29). The number of aromatic nitrogens is 2. The van der Waals surface area contributed by atoms with Crippen LogP contribution < -0.4 is 14.2 Å². The Kier molecular flexibility index (Phi) is 7.88. The number of aryl methyl sites for hydroxylation is 1. The van der Waals surface area contributed by atoms with Crippen molar-refractivity contribution in [2.24, 2.45) is 5.92 Å². The van der Waals surface area contributed by atoms with Gasteiger partial charge in [0.05, 0.1) is 22.5 Å². The lowest BCUT2D eigenvalue weighted by Crippen LogP contribution is -2.38. The maximum Gasteiger partial charge on any atom is 0.264 e. The molecule has 1 saturated heterocycles. The van der Waals surface area contributed by atoms with E-state index >= 15 is 0 Å². The van der Waals surface area contributed by atoms with Crippen molar-refractivity contribution in [2.75, 3.05) is 29.6 Å². The van der Waals surface area contributed by atoms with Crippen LogP contribution in [0.25, 0.3) is 0 Å². The van der Waals surface area contributed by atoms with E-state index in [0.717, 1.165) is 12.8 Å². The zero-order chi connectivity index (χ0) is 27.5. The lowest BCUT2D eigenvalue weighted by Gasteiger charge is -2.30. The predicted molar refractivity (Wildman–Crippen MR) is 142 cm³/mol. The van der Waals surface area contributed by atoms with Gasteiger partial charge in [-0.1, -0.05) is 6.92 Å². The molecule has 4 rings (SSSR count). The van der Waals surface area contributed by atoms with E-state index in [-0.39, 0.29) is 38.6 Å². The first-order valence-electron chi connectivity index (χ1n) is 11.9. The number of hydrogen-bond acceptors (Lipinski definition) is 8. The Balaban J connectivity index is 1.52. The molecule has 13 heteroatoms. The number of methoxy groups -OCH3 is 1. The summed E-state index contributed by atoms with van der Waals surface area (Å²) in [6.45, 7) is 5.03. The summed E-state index contributed by atoms with van der Waals surface area (Å²) in [6.07, 6.45) is 3.20. The maximum atomic E-state index is 13.2. The summed E-state index contributed by atoms with van der Waals surface area (Å²) in [5, 5.41) is 0. The van der Waals surface area contributed by atoms with Crippen LogP contribution in [0.4, 0.5) is 11.6 Å². The average molecular weight is 560 g/mol. The minimum absolute atomic E-state index is 0.0706. The van der Waals surface area contributed by atoms with Gasteiger partial charge in [0.1, 0.15) is 5.75 Å². The van der Waals surface area contributed by atoms with Crippen molar-refractivity contribution < 1.29 is 26.4 Å². The molecule has 2 N–H and O–H groups in total. The fourth-order valence-electron chi connectivity index (χ4n) is 4.00. The molecule has 1 aromatic heterocycles. The van der Waals surface area contributed by atoms with Crippen LogP contribution >= 0.6 is 0 Å². The summed E-state index contributed by atoms with van der Waals surface area (Å²) in [4.78, 5) is 22.6. The molecule has 0 spiro atoms. The zero-order valence-corrected chi connectivity index (χ0v) is 22.8. The van der Waals surface area contributed by atoms with Crippen LogP contribution in [0.5, 0.6) is 5.75 Å². The number of piperidine rings is 1. The van der Waals surface area contributed by atoms with Crippen LogP contribution in [0.3, 0.4) is 0 Å². The maximum absolute atomic E-state index is 13.2. The number of nitrogens with zero attached hydrogens (tertiary/aromatic N) is 3. The molecular formula is C25H29N5O6S2. The highest BCUT2D eigenvalue weighted by atomic mass is 32.2. The summed E-state index contributed by atoms with van der Waals surface area (Å²) in [6, 6.07) is 10.9. The Morgan fingerprint density at radius 1 is 0.947 bits per heavy atom. The number of likely N-dealkylation sites (tertiary alicyclic amines) is 1. The van der Waals surface area contributed by atoms with E-state index in [0.29, 0.717) is 24.7 Å². The Labute approximate surface area is 222 Å². The third-order valence-electron chi connectivity index (χ3n) is 6.22. The van der Waals surface area contributed by atoms with Crippen molar-refractivity contribution in [3.05, 3.63) is 66.0 Å². The van der Waals surface area contributed by atoms with Crippen molar-refractivity contribution in [3.63, 3.8) is 0 Å². The number of rotatable bonds is 8. The van der Waals surface area contributed by atoms with Gasteiger partial charge < -0.3 is 9.64 Å². The Bertz CT molecular complexity index is 1530. The van der Waals surface area contributed by atoms with Gasteiger partial charge in [-0.25, -0.2) is 31.5 Å². The van der Waals surface area contributed by atoms with Crippen molar-refractivity contribution in [2.45, 2.75) is 36.5 Å². The molecule has 202 valence electrons. The fourth-order valence-corrected chi connectivity index (χ4v) is 6.03. The number of amides is 1. The van der Waals surface area contributed by atoms with Crippen molar-refractivity contribution >= 4 is 37.6 Å². The van der Waals surface area contributed by atoms with Crippen LogP contribution in [0.1, 0.15) is 35.8 Å². The summed E-state index contributed by atoms with van der Waals surface area (Å²) in [5.74, 6) is 0.459. The molecule has 0 radical (unpaired) electrons. The van der Waals surface area contributed by atoms with Gasteiger partial charge >= 0.3 is 0 Å². The number of carbonyl (C=O) groups excluding carboxylic acids is 1. The number of ether oxygens (including phenoxy) is 1. The second kappa shape index (κ2) is 11.0. The van der Waals surface area contributed by atoms with Crippen LogP contribution in [0.15, 0.2) is 64.5 Å². The molecule has 0 bridgehead atoms. The second-order valence-corrected chi connectivity index (χ2v) is 12.5. The fraction of sp³-hybridized carbons (Fsp3) is 0.320. The molecular weight excluding hydrogens is 530 g/mol. The van der Waals surface area contributed by atoms with E-state index in [9.17, 15) is 21.6 Å². The molecule has 1 fully saturated rings. The highest BCUT2D eigenvalue weighted by molar-refractivity contribution is 7.93. The average Bonchev–Trinajstić information content (AvgIpc) is 2.88. The van der Waals surface area contributed by atoms with E-state index in [2.05, 4.69) is 26.3 Å². The number of anilines is 2. The quantitative estimate of drug-likeness (QED) is 0.427. The van der Waals surface area contributed by atoms with Gasteiger partial charge in [0.2, 0.25) is 5.95 Å². The van der Waals surface area contributed by atoms with Gasteiger partial charge in [0, 0.05) is 30.7 Å². The van der Waals surface area contributed by atoms with Gasteiger partial charge in [-0.2, -0.15) is 0 Å². The largest absolute Gasteiger partial charge is 0.496 e. The third-order valence-corrected chi connectivity index (χ3v) is 8.94. The van der Waals surface area contributed by atoms with E-state index in [1.807, 2.05) is 0 Å². The topological polar surface area (TPSA) is 148 Å². The zero-order valence-electron chi connectivity index (χ0n) is 21.2. The Morgan fingerprint density at radius 2 is 1.58 bits per heavy atom. The van der Waals surface area contributed by atoms with Crippen molar-refractivity contribution in [3.8, 4) is 5.75 Å². The first-order valence-corrected chi connectivity index (χ1v) is 14.9. The first-order chi connectivity index (χ1) is 18.0. The molecule has 11 nitrogen and oxygen atoms in total. The molecule has 0 aliphatic carbocycles. The molecule has 0 atom stereocenters. The summed E-state index contributed by atoms with van der Waals surface area (Å²) < 4.78 is 61.6. The van der Waals surface area contributed by atoms with Crippen LogP contribution in [0.2, 0.25) is 0 Å². The minimum Gasteiger partial charge on any atom is -0.496 e.